The van der Waals surface area contributed by atoms with E-state index >= 15 is 0 Å². The lowest BCUT2D eigenvalue weighted by Crippen LogP contribution is -2.54. The van der Waals surface area contributed by atoms with Gasteiger partial charge in [0.05, 0.1) is 0 Å². The summed E-state index contributed by atoms with van der Waals surface area (Å²) in [4.78, 5) is 5.19. The average molecular weight is 267 g/mol. The molecule has 1 aliphatic heterocycles. The van der Waals surface area contributed by atoms with E-state index in [-0.39, 0.29) is 0 Å². The van der Waals surface area contributed by atoms with Gasteiger partial charge in [-0.15, -0.1) is 0 Å². The topological polar surface area (TPSA) is 32.5 Å². The second-order valence-corrected chi connectivity index (χ2v) is 7.18. The molecule has 0 aromatic rings. The van der Waals surface area contributed by atoms with Crippen molar-refractivity contribution < 1.29 is 0 Å². The van der Waals surface area contributed by atoms with Crippen LogP contribution in [0, 0.1) is 17.8 Å². The molecule has 5 atom stereocenters. The van der Waals surface area contributed by atoms with Gasteiger partial charge in [0.25, 0.3) is 0 Å². The molecule has 0 aromatic carbocycles. The highest BCUT2D eigenvalue weighted by Crippen LogP contribution is 2.33. The Labute approximate surface area is 119 Å². The van der Waals surface area contributed by atoms with Crippen molar-refractivity contribution in [2.75, 3.05) is 33.2 Å². The van der Waals surface area contributed by atoms with Crippen LogP contribution in [-0.2, 0) is 0 Å². The third-order valence-electron chi connectivity index (χ3n) is 5.53. The molecule has 1 aliphatic carbocycles. The van der Waals surface area contributed by atoms with Crippen molar-refractivity contribution >= 4 is 0 Å². The number of piperazine rings is 1. The molecule has 0 radical (unpaired) electrons. The van der Waals surface area contributed by atoms with Crippen molar-refractivity contribution in [3.05, 3.63) is 0 Å². The monoisotopic (exact) mass is 267 g/mol. The van der Waals surface area contributed by atoms with Gasteiger partial charge < -0.3 is 15.5 Å². The largest absolute Gasteiger partial charge is 0.327 e. The van der Waals surface area contributed by atoms with Gasteiger partial charge >= 0.3 is 0 Å². The normalized spacial score (nSPS) is 42.5. The summed E-state index contributed by atoms with van der Waals surface area (Å²) in [6.07, 6.45) is 3.85. The Hall–Kier alpha value is -0.120. The van der Waals surface area contributed by atoms with Gasteiger partial charge in [0, 0.05) is 38.3 Å². The van der Waals surface area contributed by atoms with E-state index in [2.05, 4.69) is 37.6 Å². The second-order valence-electron chi connectivity index (χ2n) is 7.18. The Kier molecular flexibility index (Phi) is 5.27. The Balaban J connectivity index is 1.89. The predicted octanol–water partition coefficient (Wildman–Crippen LogP) is 2.02. The Bertz CT molecular complexity index is 269. The van der Waals surface area contributed by atoms with Crippen molar-refractivity contribution in [1.82, 2.24) is 9.80 Å². The first kappa shape index (κ1) is 15.3. The fourth-order valence-corrected chi connectivity index (χ4v) is 4.20. The molecule has 2 fully saturated rings. The van der Waals surface area contributed by atoms with E-state index in [0.717, 1.165) is 17.9 Å². The van der Waals surface area contributed by atoms with E-state index in [1.54, 1.807) is 0 Å². The number of rotatable bonds is 3. The smallest absolute Gasteiger partial charge is 0.0218 e. The average Bonchev–Trinajstić information content (AvgIpc) is 2.35. The van der Waals surface area contributed by atoms with Crippen LogP contribution in [0.2, 0.25) is 0 Å². The molecular formula is C16H33N3. The van der Waals surface area contributed by atoms with Crippen molar-refractivity contribution in [2.24, 2.45) is 23.5 Å². The van der Waals surface area contributed by atoms with E-state index in [1.807, 2.05) is 0 Å². The lowest BCUT2D eigenvalue weighted by Gasteiger charge is -2.44. The zero-order valence-corrected chi connectivity index (χ0v) is 13.3. The van der Waals surface area contributed by atoms with E-state index in [0.29, 0.717) is 12.0 Å². The molecule has 112 valence electrons. The molecule has 0 amide bonds. The van der Waals surface area contributed by atoms with Gasteiger partial charge in [0.1, 0.15) is 0 Å². The zero-order chi connectivity index (χ0) is 14.0. The first-order valence-electron chi connectivity index (χ1n) is 8.19. The summed E-state index contributed by atoms with van der Waals surface area (Å²) in [7, 11) is 2.27. The molecule has 0 aromatic heterocycles. The highest BCUT2D eigenvalue weighted by Gasteiger charge is 2.34. The minimum absolute atomic E-state index is 0.415. The van der Waals surface area contributed by atoms with Crippen molar-refractivity contribution in [3.8, 4) is 0 Å². The van der Waals surface area contributed by atoms with Crippen LogP contribution in [0.15, 0.2) is 0 Å². The molecule has 3 nitrogen and oxygen atoms in total. The fourth-order valence-electron chi connectivity index (χ4n) is 4.20. The highest BCUT2D eigenvalue weighted by atomic mass is 15.3. The maximum absolute atomic E-state index is 6.43. The molecule has 1 saturated heterocycles. The first-order valence-corrected chi connectivity index (χ1v) is 8.19. The van der Waals surface area contributed by atoms with Gasteiger partial charge in [0.15, 0.2) is 0 Å². The summed E-state index contributed by atoms with van der Waals surface area (Å²) >= 11 is 0. The third kappa shape index (κ3) is 3.71. The summed E-state index contributed by atoms with van der Waals surface area (Å²) in [6.45, 7) is 12.0. The SMILES string of the molecule is CCC1CN(CC2C(C)CC(C)CC2N)CCN1C. The van der Waals surface area contributed by atoms with E-state index < -0.39 is 0 Å². The number of hydrogen-bond donors (Lipinski definition) is 1. The van der Waals surface area contributed by atoms with Crippen LogP contribution in [0.3, 0.4) is 0 Å². The number of likely N-dealkylation sites (N-methyl/N-ethyl adjacent to an activating group) is 1. The molecule has 2 aliphatic rings. The van der Waals surface area contributed by atoms with Crippen molar-refractivity contribution in [1.29, 1.82) is 0 Å². The molecular weight excluding hydrogens is 234 g/mol. The van der Waals surface area contributed by atoms with Crippen LogP contribution in [0.4, 0.5) is 0 Å². The molecule has 19 heavy (non-hydrogen) atoms. The highest BCUT2D eigenvalue weighted by molar-refractivity contribution is 4.89. The molecule has 5 unspecified atom stereocenters. The lowest BCUT2D eigenvalue weighted by molar-refractivity contribution is 0.0543. The quantitative estimate of drug-likeness (QED) is 0.849. The van der Waals surface area contributed by atoms with Gasteiger partial charge in [-0.2, -0.15) is 0 Å². The van der Waals surface area contributed by atoms with Crippen LogP contribution in [0.1, 0.15) is 40.0 Å². The Morgan fingerprint density at radius 2 is 1.89 bits per heavy atom. The van der Waals surface area contributed by atoms with Gasteiger partial charge in [-0.1, -0.05) is 20.8 Å². The van der Waals surface area contributed by atoms with Crippen molar-refractivity contribution in [2.45, 2.75) is 52.1 Å². The summed E-state index contributed by atoms with van der Waals surface area (Å²) in [5.41, 5.74) is 6.43. The Morgan fingerprint density at radius 1 is 1.16 bits per heavy atom. The van der Waals surface area contributed by atoms with Gasteiger partial charge in [-0.25, -0.2) is 0 Å². The minimum Gasteiger partial charge on any atom is -0.327 e. The van der Waals surface area contributed by atoms with Crippen LogP contribution >= 0.6 is 0 Å². The van der Waals surface area contributed by atoms with Gasteiger partial charge in [-0.05, 0) is 44.1 Å². The maximum atomic E-state index is 6.43. The molecule has 2 rings (SSSR count). The van der Waals surface area contributed by atoms with Gasteiger partial charge in [0.2, 0.25) is 0 Å². The number of nitrogens with two attached hydrogens (primary N) is 1. The van der Waals surface area contributed by atoms with E-state index in [9.17, 15) is 0 Å². The van der Waals surface area contributed by atoms with E-state index in [4.69, 9.17) is 5.73 Å². The lowest BCUT2D eigenvalue weighted by atomic mass is 9.72. The number of hydrogen-bond acceptors (Lipinski definition) is 3. The number of nitrogens with zero attached hydrogens (tertiary/aromatic N) is 2. The van der Waals surface area contributed by atoms with Crippen LogP contribution in [0.5, 0.6) is 0 Å². The maximum Gasteiger partial charge on any atom is 0.0218 e. The summed E-state index contributed by atoms with van der Waals surface area (Å²) in [5.74, 6) is 2.31. The second kappa shape index (κ2) is 6.55. The standard InChI is InChI=1S/C16H33N3/c1-5-14-10-19(7-6-18(14)4)11-15-13(3)8-12(2)9-16(15)17/h12-16H,5-11,17H2,1-4H3. The third-order valence-corrected chi connectivity index (χ3v) is 5.53. The van der Waals surface area contributed by atoms with Gasteiger partial charge in [-0.3, -0.25) is 0 Å². The Morgan fingerprint density at radius 3 is 2.53 bits per heavy atom. The fraction of sp³-hybridized carbons (Fsp3) is 1.00. The van der Waals surface area contributed by atoms with Crippen LogP contribution in [0.25, 0.3) is 0 Å². The summed E-state index contributed by atoms with van der Waals surface area (Å²) < 4.78 is 0. The summed E-state index contributed by atoms with van der Waals surface area (Å²) in [6, 6.07) is 1.15. The molecule has 1 heterocycles. The zero-order valence-electron chi connectivity index (χ0n) is 13.3. The van der Waals surface area contributed by atoms with Crippen molar-refractivity contribution in [3.63, 3.8) is 0 Å². The molecule has 0 spiro atoms. The molecule has 2 N–H and O–H groups in total. The molecule has 0 bridgehead atoms. The van der Waals surface area contributed by atoms with Crippen LogP contribution in [-0.4, -0.2) is 55.1 Å². The predicted molar refractivity (Wildman–Crippen MR) is 82.2 cm³/mol. The summed E-state index contributed by atoms with van der Waals surface area (Å²) in [5, 5.41) is 0. The van der Waals surface area contributed by atoms with E-state index in [1.165, 1.54) is 45.4 Å². The van der Waals surface area contributed by atoms with Crippen LogP contribution < -0.4 is 5.73 Å². The molecule has 3 heteroatoms. The minimum atomic E-state index is 0.415. The molecule has 1 saturated carbocycles. The first-order chi connectivity index (χ1) is 9.01.